The Morgan fingerprint density at radius 1 is 1.07 bits per heavy atom. The second kappa shape index (κ2) is 8.68. The summed E-state index contributed by atoms with van der Waals surface area (Å²) < 4.78 is 0. The maximum atomic E-state index is 12.8. The van der Waals surface area contributed by atoms with Gasteiger partial charge in [-0.25, -0.2) is 4.79 Å². The number of piperazine rings is 1. The lowest BCUT2D eigenvalue weighted by Gasteiger charge is -2.40. The molecular weight excluding hydrogens is 340 g/mol. The lowest BCUT2D eigenvalue weighted by Crippen LogP contribution is -2.52. The summed E-state index contributed by atoms with van der Waals surface area (Å²) in [4.78, 5) is 29.0. The Morgan fingerprint density at radius 2 is 1.85 bits per heavy atom. The normalized spacial score (nSPS) is 17.4. The van der Waals surface area contributed by atoms with Crippen molar-refractivity contribution >= 4 is 17.6 Å². The fraction of sp³-hybridized carbons (Fsp3) is 0.333. The Morgan fingerprint density at radius 3 is 2.59 bits per heavy atom. The fourth-order valence-electron chi connectivity index (χ4n) is 3.33. The van der Waals surface area contributed by atoms with E-state index < -0.39 is 0 Å². The van der Waals surface area contributed by atoms with Gasteiger partial charge in [-0.15, -0.1) is 0 Å². The maximum Gasteiger partial charge on any atom is 0.319 e. The Bertz CT molecular complexity index is 794. The average molecular weight is 366 g/mol. The van der Waals surface area contributed by atoms with Crippen LogP contribution in [-0.4, -0.2) is 55.0 Å². The smallest absolute Gasteiger partial charge is 0.319 e. The average Bonchev–Trinajstić information content (AvgIpc) is 2.67. The molecular formula is C21H26N4O2. The lowest BCUT2D eigenvalue weighted by atomic mass is 10.0. The first-order chi connectivity index (χ1) is 13.0. The zero-order chi connectivity index (χ0) is 19.2. The van der Waals surface area contributed by atoms with E-state index in [-0.39, 0.29) is 24.5 Å². The zero-order valence-electron chi connectivity index (χ0n) is 15.8. The summed E-state index contributed by atoms with van der Waals surface area (Å²) in [6, 6.07) is 17.2. The predicted molar refractivity (Wildman–Crippen MR) is 107 cm³/mol. The van der Waals surface area contributed by atoms with E-state index in [9.17, 15) is 9.59 Å². The van der Waals surface area contributed by atoms with Crippen LogP contribution in [0.25, 0.3) is 0 Å². The SMILES string of the molecule is Cc1cccc(NC(=O)NCC(=O)N2CCN(C)C[C@H]2c2ccccc2)c1. The molecule has 0 aliphatic carbocycles. The van der Waals surface area contributed by atoms with Crippen LogP contribution >= 0.6 is 0 Å². The number of benzene rings is 2. The molecule has 1 atom stereocenters. The van der Waals surface area contributed by atoms with Crippen LogP contribution in [0.3, 0.4) is 0 Å². The minimum Gasteiger partial charge on any atom is -0.332 e. The lowest BCUT2D eigenvalue weighted by molar-refractivity contribution is -0.134. The number of rotatable bonds is 4. The second-order valence-corrected chi connectivity index (χ2v) is 6.95. The van der Waals surface area contributed by atoms with Gasteiger partial charge in [0.25, 0.3) is 0 Å². The molecule has 6 heteroatoms. The minimum absolute atomic E-state index is 0.000848. The van der Waals surface area contributed by atoms with Gasteiger partial charge in [0.05, 0.1) is 12.6 Å². The van der Waals surface area contributed by atoms with Crippen molar-refractivity contribution < 1.29 is 9.59 Å². The number of urea groups is 1. The largest absolute Gasteiger partial charge is 0.332 e. The molecule has 0 bridgehead atoms. The molecule has 0 unspecified atom stereocenters. The Kier molecular flexibility index (Phi) is 6.08. The van der Waals surface area contributed by atoms with Crippen molar-refractivity contribution in [2.45, 2.75) is 13.0 Å². The van der Waals surface area contributed by atoms with Gasteiger partial charge in [-0.1, -0.05) is 42.5 Å². The van der Waals surface area contributed by atoms with Crippen LogP contribution in [0.1, 0.15) is 17.2 Å². The summed E-state index contributed by atoms with van der Waals surface area (Å²) in [6.45, 7) is 4.19. The number of hydrogen-bond acceptors (Lipinski definition) is 3. The number of nitrogens with zero attached hydrogens (tertiary/aromatic N) is 2. The van der Waals surface area contributed by atoms with Gasteiger partial charge in [0, 0.05) is 25.3 Å². The maximum absolute atomic E-state index is 12.8. The van der Waals surface area contributed by atoms with Crippen molar-refractivity contribution in [2.75, 3.05) is 38.5 Å². The van der Waals surface area contributed by atoms with Crippen LogP contribution in [0.4, 0.5) is 10.5 Å². The molecule has 1 heterocycles. The first-order valence-electron chi connectivity index (χ1n) is 9.17. The van der Waals surface area contributed by atoms with E-state index in [0.29, 0.717) is 12.2 Å². The van der Waals surface area contributed by atoms with Crippen molar-refractivity contribution in [1.82, 2.24) is 15.1 Å². The van der Waals surface area contributed by atoms with Gasteiger partial charge < -0.3 is 20.4 Å². The van der Waals surface area contributed by atoms with E-state index in [2.05, 4.69) is 22.6 Å². The van der Waals surface area contributed by atoms with Crippen LogP contribution in [0.2, 0.25) is 0 Å². The van der Waals surface area contributed by atoms with Crippen molar-refractivity contribution in [3.05, 3.63) is 65.7 Å². The number of hydrogen-bond donors (Lipinski definition) is 2. The van der Waals surface area contributed by atoms with Gasteiger partial charge in [-0.2, -0.15) is 0 Å². The number of carbonyl (C=O) groups is 2. The molecule has 3 rings (SSSR count). The highest BCUT2D eigenvalue weighted by atomic mass is 16.2. The highest BCUT2D eigenvalue weighted by molar-refractivity contribution is 5.92. The minimum atomic E-state index is -0.376. The summed E-state index contributed by atoms with van der Waals surface area (Å²) in [5, 5.41) is 5.44. The Balaban J connectivity index is 1.59. The molecule has 142 valence electrons. The fourth-order valence-corrected chi connectivity index (χ4v) is 3.33. The van der Waals surface area contributed by atoms with E-state index in [1.165, 1.54) is 0 Å². The van der Waals surface area contributed by atoms with Crippen molar-refractivity contribution in [2.24, 2.45) is 0 Å². The predicted octanol–water partition coefficient (Wildman–Crippen LogP) is 2.63. The zero-order valence-corrected chi connectivity index (χ0v) is 15.8. The summed E-state index contributed by atoms with van der Waals surface area (Å²) >= 11 is 0. The number of carbonyl (C=O) groups excluding carboxylic acids is 2. The molecule has 6 nitrogen and oxygen atoms in total. The summed E-state index contributed by atoms with van der Waals surface area (Å²) in [6.07, 6.45) is 0. The highest BCUT2D eigenvalue weighted by Gasteiger charge is 2.30. The monoisotopic (exact) mass is 366 g/mol. The van der Waals surface area contributed by atoms with Crippen molar-refractivity contribution in [3.63, 3.8) is 0 Å². The van der Waals surface area contributed by atoms with Gasteiger partial charge in [-0.3, -0.25) is 4.79 Å². The van der Waals surface area contributed by atoms with E-state index in [0.717, 1.165) is 24.2 Å². The molecule has 2 aromatic carbocycles. The molecule has 2 N–H and O–H groups in total. The summed E-state index contributed by atoms with van der Waals surface area (Å²) in [7, 11) is 2.06. The highest BCUT2D eigenvalue weighted by Crippen LogP contribution is 2.24. The molecule has 0 aromatic heterocycles. The number of amides is 3. The van der Waals surface area contributed by atoms with Gasteiger partial charge in [0.1, 0.15) is 0 Å². The quantitative estimate of drug-likeness (QED) is 0.874. The van der Waals surface area contributed by atoms with E-state index in [1.54, 1.807) is 0 Å². The number of nitrogens with one attached hydrogen (secondary N) is 2. The molecule has 0 spiro atoms. The van der Waals surface area contributed by atoms with Crippen LogP contribution in [0.5, 0.6) is 0 Å². The molecule has 1 fully saturated rings. The van der Waals surface area contributed by atoms with Gasteiger partial charge in [-0.05, 0) is 37.2 Å². The van der Waals surface area contributed by atoms with Gasteiger partial charge >= 0.3 is 6.03 Å². The molecule has 1 aliphatic heterocycles. The second-order valence-electron chi connectivity index (χ2n) is 6.95. The third kappa shape index (κ3) is 5.08. The summed E-state index contributed by atoms with van der Waals surface area (Å²) in [5.41, 5.74) is 2.88. The molecule has 0 saturated carbocycles. The van der Waals surface area contributed by atoms with E-state index in [4.69, 9.17) is 0 Å². The van der Waals surface area contributed by atoms with Gasteiger partial charge in [0.2, 0.25) is 5.91 Å². The van der Waals surface area contributed by atoms with E-state index in [1.807, 2.05) is 66.4 Å². The number of anilines is 1. The third-order valence-corrected chi connectivity index (χ3v) is 4.76. The molecule has 0 radical (unpaired) electrons. The standard InChI is InChI=1S/C21H26N4O2/c1-16-7-6-10-18(13-16)23-21(27)22-14-20(26)25-12-11-24(2)15-19(25)17-8-4-3-5-9-17/h3-10,13,19H,11-12,14-15H2,1-2H3,(H2,22,23,27)/t19-/m0/s1. The first-order valence-corrected chi connectivity index (χ1v) is 9.17. The molecule has 27 heavy (non-hydrogen) atoms. The molecule has 1 aliphatic rings. The number of likely N-dealkylation sites (N-methyl/N-ethyl adjacent to an activating group) is 1. The van der Waals surface area contributed by atoms with Crippen LogP contribution in [0.15, 0.2) is 54.6 Å². The Hall–Kier alpha value is -2.86. The molecule has 3 amide bonds. The third-order valence-electron chi connectivity index (χ3n) is 4.76. The van der Waals surface area contributed by atoms with Crippen LogP contribution in [-0.2, 0) is 4.79 Å². The van der Waals surface area contributed by atoms with Crippen molar-refractivity contribution in [1.29, 1.82) is 0 Å². The van der Waals surface area contributed by atoms with Crippen LogP contribution < -0.4 is 10.6 Å². The van der Waals surface area contributed by atoms with E-state index >= 15 is 0 Å². The van der Waals surface area contributed by atoms with Crippen LogP contribution in [0, 0.1) is 6.92 Å². The molecule has 1 saturated heterocycles. The topological polar surface area (TPSA) is 64.7 Å². The first kappa shape index (κ1) is 18.9. The van der Waals surface area contributed by atoms with Gasteiger partial charge in [0.15, 0.2) is 0 Å². The summed E-state index contributed by atoms with van der Waals surface area (Å²) in [5.74, 6) is -0.0728. The molecule has 2 aromatic rings. The van der Waals surface area contributed by atoms with Crippen molar-refractivity contribution in [3.8, 4) is 0 Å². The number of aryl methyl sites for hydroxylation is 1. The Labute approximate surface area is 160 Å².